The van der Waals surface area contributed by atoms with E-state index in [0.29, 0.717) is 23.3 Å². The Morgan fingerprint density at radius 1 is 1.12 bits per heavy atom. The van der Waals surface area contributed by atoms with Gasteiger partial charge in [-0.1, -0.05) is 45.7 Å². The number of ether oxygens (including phenoxy) is 3. The van der Waals surface area contributed by atoms with Gasteiger partial charge in [0.15, 0.2) is 17.2 Å². The minimum absolute atomic E-state index is 0.0996. The maximum Gasteiger partial charge on any atom is 0.363 e. The average Bonchev–Trinajstić information content (AvgIpc) is 3.17. The Morgan fingerprint density at radius 3 is 2.55 bits per heavy atom. The van der Waals surface area contributed by atoms with Crippen LogP contribution in [0.15, 0.2) is 81.9 Å². The average molecular weight is 527 g/mol. The Bertz CT molecular complexity index is 1270. The normalized spacial score (nSPS) is 14.1. The summed E-state index contributed by atoms with van der Waals surface area (Å²) >= 11 is 9.79. The van der Waals surface area contributed by atoms with Gasteiger partial charge in [0.25, 0.3) is 0 Å². The standard InChI is InChI=1S/C25H17BrClNO5/c1-2-31-21-14-15(12-19(27)22(21)32-24(29)17-6-4-3-5-7-17)13-20-25(30)33-23(28-20)16-8-10-18(26)11-9-16/h3-14H,2H2,1H3/b20-13-. The predicted octanol–water partition coefficient (Wildman–Crippen LogP) is 6.06. The lowest BCUT2D eigenvalue weighted by molar-refractivity contribution is -0.129. The van der Waals surface area contributed by atoms with Crippen molar-refractivity contribution in [3.63, 3.8) is 0 Å². The van der Waals surface area contributed by atoms with E-state index in [1.807, 2.05) is 12.1 Å². The number of carbonyl (C=O) groups excluding carboxylic acids is 2. The van der Waals surface area contributed by atoms with E-state index in [4.69, 9.17) is 25.8 Å². The zero-order valence-electron chi connectivity index (χ0n) is 17.4. The summed E-state index contributed by atoms with van der Waals surface area (Å²) in [5.41, 5.74) is 1.70. The smallest absolute Gasteiger partial charge is 0.363 e. The molecule has 33 heavy (non-hydrogen) atoms. The third-order valence-corrected chi connectivity index (χ3v) is 5.36. The van der Waals surface area contributed by atoms with Gasteiger partial charge in [0.05, 0.1) is 17.2 Å². The van der Waals surface area contributed by atoms with Gasteiger partial charge in [-0.25, -0.2) is 14.6 Å². The second kappa shape index (κ2) is 10.0. The van der Waals surface area contributed by atoms with Crippen LogP contribution >= 0.6 is 27.5 Å². The van der Waals surface area contributed by atoms with Crippen LogP contribution in [0.5, 0.6) is 11.5 Å². The van der Waals surface area contributed by atoms with Crippen LogP contribution in [0.4, 0.5) is 0 Å². The highest BCUT2D eigenvalue weighted by Gasteiger charge is 2.25. The summed E-state index contributed by atoms with van der Waals surface area (Å²) in [5.74, 6) is -0.565. The van der Waals surface area contributed by atoms with E-state index in [2.05, 4.69) is 20.9 Å². The molecule has 0 saturated carbocycles. The maximum absolute atomic E-state index is 12.5. The van der Waals surface area contributed by atoms with Crippen molar-refractivity contribution in [2.75, 3.05) is 6.61 Å². The number of halogens is 2. The molecule has 4 rings (SSSR count). The number of nitrogens with zero attached hydrogens (tertiary/aromatic N) is 1. The number of carbonyl (C=O) groups is 2. The topological polar surface area (TPSA) is 74.2 Å². The molecule has 1 aliphatic heterocycles. The zero-order chi connectivity index (χ0) is 23.4. The minimum Gasteiger partial charge on any atom is -0.490 e. The monoisotopic (exact) mass is 525 g/mol. The van der Waals surface area contributed by atoms with Crippen molar-refractivity contribution in [1.29, 1.82) is 0 Å². The second-order valence-corrected chi connectivity index (χ2v) is 8.18. The molecule has 0 bridgehead atoms. The number of cyclic esters (lactones) is 1. The molecule has 166 valence electrons. The fourth-order valence-electron chi connectivity index (χ4n) is 3.04. The van der Waals surface area contributed by atoms with Crippen LogP contribution in [0.3, 0.4) is 0 Å². The van der Waals surface area contributed by atoms with Crippen molar-refractivity contribution in [2.24, 2.45) is 4.99 Å². The fourth-order valence-corrected chi connectivity index (χ4v) is 3.56. The molecule has 0 aromatic heterocycles. The van der Waals surface area contributed by atoms with Gasteiger partial charge in [-0.2, -0.15) is 0 Å². The third-order valence-electron chi connectivity index (χ3n) is 4.55. The summed E-state index contributed by atoms with van der Waals surface area (Å²) in [4.78, 5) is 29.1. The molecule has 0 saturated heterocycles. The number of benzene rings is 3. The van der Waals surface area contributed by atoms with Crippen molar-refractivity contribution in [3.05, 3.63) is 98.6 Å². The quantitative estimate of drug-likeness (QED) is 0.222. The summed E-state index contributed by atoms with van der Waals surface area (Å²) in [6, 6.07) is 19.0. The van der Waals surface area contributed by atoms with Crippen molar-refractivity contribution in [3.8, 4) is 11.5 Å². The first kappa shape index (κ1) is 22.8. The molecule has 3 aromatic rings. The van der Waals surface area contributed by atoms with Crippen LogP contribution in [0, 0.1) is 0 Å². The van der Waals surface area contributed by atoms with Crippen LogP contribution in [-0.2, 0) is 9.53 Å². The molecule has 0 amide bonds. The van der Waals surface area contributed by atoms with E-state index >= 15 is 0 Å². The van der Waals surface area contributed by atoms with Crippen molar-refractivity contribution in [2.45, 2.75) is 6.92 Å². The minimum atomic E-state index is -0.582. The molecule has 3 aromatic carbocycles. The van der Waals surface area contributed by atoms with E-state index in [-0.39, 0.29) is 28.1 Å². The lowest BCUT2D eigenvalue weighted by Gasteiger charge is -2.13. The molecule has 1 aliphatic rings. The Morgan fingerprint density at radius 2 is 1.85 bits per heavy atom. The predicted molar refractivity (Wildman–Crippen MR) is 129 cm³/mol. The third kappa shape index (κ3) is 5.32. The van der Waals surface area contributed by atoms with E-state index < -0.39 is 11.9 Å². The number of hydrogen-bond acceptors (Lipinski definition) is 6. The summed E-state index contributed by atoms with van der Waals surface area (Å²) in [7, 11) is 0. The van der Waals surface area contributed by atoms with Crippen LogP contribution in [0.1, 0.15) is 28.4 Å². The van der Waals surface area contributed by atoms with Crippen LogP contribution in [0.25, 0.3) is 6.08 Å². The molecule has 8 heteroatoms. The largest absolute Gasteiger partial charge is 0.490 e. The van der Waals surface area contributed by atoms with Crippen molar-refractivity contribution in [1.82, 2.24) is 0 Å². The molecule has 0 N–H and O–H groups in total. The van der Waals surface area contributed by atoms with Crippen LogP contribution in [0.2, 0.25) is 5.02 Å². The highest BCUT2D eigenvalue weighted by atomic mass is 79.9. The molecule has 0 radical (unpaired) electrons. The van der Waals surface area contributed by atoms with Gasteiger partial charge in [-0.15, -0.1) is 0 Å². The molecular formula is C25H17BrClNO5. The Balaban J connectivity index is 1.64. The molecule has 0 aliphatic carbocycles. The number of hydrogen-bond donors (Lipinski definition) is 0. The molecule has 0 fully saturated rings. The maximum atomic E-state index is 12.5. The van der Waals surface area contributed by atoms with E-state index in [0.717, 1.165) is 4.47 Å². The Kier molecular flexibility index (Phi) is 6.91. The summed E-state index contributed by atoms with van der Waals surface area (Å²) in [6.45, 7) is 2.12. The van der Waals surface area contributed by atoms with Crippen molar-refractivity contribution >= 4 is 51.4 Å². The summed E-state index contributed by atoms with van der Waals surface area (Å²) < 4.78 is 17.3. The Labute approximate surface area is 203 Å². The van der Waals surface area contributed by atoms with Gasteiger partial charge in [0.2, 0.25) is 5.90 Å². The van der Waals surface area contributed by atoms with Crippen LogP contribution < -0.4 is 9.47 Å². The van der Waals surface area contributed by atoms with Gasteiger partial charge in [-0.3, -0.25) is 0 Å². The molecule has 0 spiro atoms. The van der Waals surface area contributed by atoms with Crippen LogP contribution in [-0.4, -0.2) is 24.4 Å². The highest BCUT2D eigenvalue weighted by Crippen LogP contribution is 2.38. The summed E-state index contributed by atoms with van der Waals surface area (Å²) in [6.07, 6.45) is 1.53. The van der Waals surface area contributed by atoms with E-state index in [9.17, 15) is 9.59 Å². The number of esters is 2. The van der Waals surface area contributed by atoms with E-state index in [1.54, 1.807) is 61.5 Å². The van der Waals surface area contributed by atoms with Crippen molar-refractivity contribution < 1.29 is 23.8 Å². The van der Waals surface area contributed by atoms with E-state index in [1.165, 1.54) is 6.08 Å². The summed E-state index contributed by atoms with van der Waals surface area (Å²) in [5, 5.41) is 0.153. The first-order chi connectivity index (χ1) is 15.9. The second-order valence-electron chi connectivity index (χ2n) is 6.86. The lowest BCUT2D eigenvalue weighted by atomic mass is 10.1. The lowest BCUT2D eigenvalue weighted by Crippen LogP contribution is -2.10. The van der Waals surface area contributed by atoms with Gasteiger partial charge < -0.3 is 14.2 Å². The molecule has 0 unspecified atom stereocenters. The van der Waals surface area contributed by atoms with Gasteiger partial charge in [0.1, 0.15) is 0 Å². The zero-order valence-corrected chi connectivity index (χ0v) is 19.7. The molecule has 6 nitrogen and oxygen atoms in total. The molecule has 0 atom stereocenters. The number of aliphatic imine (C=N–C) groups is 1. The molecule has 1 heterocycles. The SMILES string of the molecule is CCOc1cc(/C=C2\N=C(c3ccc(Br)cc3)OC2=O)cc(Cl)c1OC(=O)c1ccccc1. The van der Waals surface area contributed by atoms with Gasteiger partial charge >= 0.3 is 11.9 Å². The fraction of sp³-hybridized carbons (Fsp3) is 0.0800. The van der Waals surface area contributed by atoms with Gasteiger partial charge in [0, 0.05) is 10.0 Å². The van der Waals surface area contributed by atoms with Gasteiger partial charge in [-0.05, 0) is 67.1 Å². The first-order valence-electron chi connectivity index (χ1n) is 9.96. The Hall–Kier alpha value is -3.42. The number of rotatable bonds is 6. The first-order valence-corrected chi connectivity index (χ1v) is 11.1. The highest BCUT2D eigenvalue weighted by molar-refractivity contribution is 9.10. The molecular weight excluding hydrogens is 510 g/mol.